The van der Waals surface area contributed by atoms with Gasteiger partial charge in [0.2, 0.25) is 0 Å². The predicted molar refractivity (Wildman–Crippen MR) is 260 cm³/mol. The number of para-hydroxylation sites is 2. The van der Waals surface area contributed by atoms with E-state index in [0.717, 1.165) is 99.8 Å². The maximum absolute atomic E-state index is 6.60. The molecule has 0 spiro atoms. The number of benzene rings is 9. The summed E-state index contributed by atoms with van der Waals surface area (Å²) in [5.41, 5.74) is 16.2. The van der Waals surface area contributed by atoms with Crippen LogP contribution in [0, 0.1) is 0 Å². The maximum atomic E-state index is 6.60. The quantitative estimate of drug-likeness (QED) is 0.151. The molecule has 3 aromatic heterocycles. The molecule has 12 aromatic rings. The molecule has 0 aliphatic rings. The molecular formula is C59H37N3O. The number of fused-ring (bicyclic) bond motifs is 6. The molecule has 0 unspecified atom stereocenters. The summed E-state index contributed by atoms with van der Waals surface area (Å²) in [5, 5.41) is 5.56. The van der Waals surface area contributed by atoms with E-state index in [9.17, 15) is 0 Å². The lowest BCUT2D eigenvalue weighted by Gasteiger charge is -2.16. The Labute approximate surface area is 364 Å². The first-order valence-electron chi connectivity index (χ1n) is 21.3. The number of hydrogen-bond acceptors (Lipinski definition) is 4. The largest absolute Gasteiger partial charge is 0.456 e. The van der Waals surface area contributed by atoms with Gasteiger partial charge in [0, 0.05) is 54.7 Å². The molecule has 294 valence electrons. The highest BCUT2D eigenvalue weighted by Gasteiger charge is 2.22. The van der Waals surface area contributed by atoms with Gasteiger partial charge in [0.25, 0.3) is 0 Å². The predicted octanol–water partition coefficient (Wildman–Crippen LogP) is 15.7. The van der Waals surface area contributed by atoms with Crippen LogP contribution in [-0.4, -0.2) is 15.0 Å². The van der Waals surface area contributed by atoms with Crippen molar-refractivity contribution >= 4 is 43.6 Å². The van der Waals surface area contributed by atoms with E-state index < -0.39 is 0 Å². The van der Waals surface area contributed by atoms with Gasteiger partial charge in [0.1, 0.15) is 11.2 Å². The van der Waals surface area contributed by atoms with E-state index in [2.05, 4.69) is 194 Å². The van der Waals surface area contributed by atoms with Gasteiger partial charge in [0.15, 0.2) is 5.82 Å². The Morgan fingerprint density at radius 2 is 0.810 bits per heavy atom. The Balaban J connectivity index is 0.963. The number of aromatic nitrogens is 3. The highest BCUT2D eigenvalue weighted by Crippen LogP contribution is 2.46. The van der Waals surface area contributed by atoms with E-state index in [1.165, 1.54) is 16.5 Å². The molecule has 0 aliphatic heterocycles. The summed E-state index contributed by atoms with van der Waals surface area (Å²) in [4.78, 5) is 15.6. The van der Waals surface area contributed by atoms with Gasteiger partial charge in [-0.25, -0.2) is 15.0 Å². The van der Waals surface area contributed by atoms with Crippen LogP contribution in [0.2, 0.25) is 0 Å². The van der Waals surface area contributed by atoms with Gasteiger partial charge in [-0.3, -0.25) is 0 Å². The number of furan rings is 1. The third-order valence-corrected chi connectivity index (χ3v) is 12.1. The van der Waals surface area contributed by atoms with Crippen LogP contribution >= 0.6 is 0 Å². The fourth-order valence-corrected chi connectivity index (χ4v) is 9.03. The minimum atomic E-state index is 0.690. The standard InChI is InChI=1S/C59H37N3O/c1-4-15-38(16-5-1)39-27-31-41(32-28-39)51-37-52(62-59(61-51)44-19-8-3-9-20-44)46-22-14-21-45(35-46)40-29-33-43(34-30-40)58-49-36-54-57(48-24-11-13-26-53(48)63-54)55(42-17-6-2-7-18-42)56(49)47-23-10-12-25-50(47)60-58/h1-37H. The van der Waals surface area contributed by atoms with Crippen molar-refractivity contribution in [2.45, 2.75) is 0 Å². The van der Waals surface area contributed by atoms with Crippen molar-refractivity contribution < 1.29 is 4.42 Å². The lowest BCUT2D eigenvalue weighted by molar-refractivity contribution is 0.669. The molecule has 4 nitrogen and oxygen atoms in total. The zero-order valence-electron chi connectivity index (χ0n) is 34.1. The molecule has 9 aromatic carbocycles. The topological polar surface area (TPSA) is 51.8 Å². The molecule has 0 radical (unpaired) electrons. The first-order chi connectivity index (χ1) is 31.2. The Morgan fingerprint density at radius 3 is 1.54 bits per heavy atom. The Morgan fingerprint density at radius 1 is 0.286 bits per heavy atom. The van der Waals surface area contributed by atoms with Gasteiger partial charge in [-0.15, -0.1) is 0 Å². The monoisotopic (exact) mass is 803 g/mol. The smallest absolute Gasteiger partial charge is 0.160 e. The summed E-state index contributed by atoms with van der Waals surface area (Å²) < 4.78 is 6.60. The second-order valence-electron chi connectivity index (χ2n) is 15.9. The van der Waals surface area contributed by atoms with E-state index in [0.29, 0.717) is 5.82 Å². The summed E-state index contributed by atoms with van der Waals surface area (Å²) in [6.07, 6.45) is 0. The molecule has 3 heterocycles. The third kappa shape index (κ3) is 6.53. The number of pyridine rings is 1. The number of nitrogens with zero attached hydrogens (tertiary/aromatic N) is 3. The molecule has 63 heavy (non-hydrogen) atoms. The average molecular weight is 804 g/mol. The first kappa shape index (κ1) is 36.4. The van der Waals surface area contributed by atoms with E-state index in [4.69, 9.17) is 19.4 Å². The van der Waals surface area contributed by atoms with Gasteiger partial charge >= 0.3 is 0 Å². The van der Waals surface area contributed by atoms with Gasteiger partial charge in [-0.1, -0.05) is 194 Å². The van der Waals surface area contributed by atoms with Crippen molar-refractivity contribution in [3.8, 4) is 78.5 Å². The molecule has 0 atom stereocenters. The third-order valence-electron chi connectivity index (χ3n) is 12.1. The molecule has 4 heteroatoms. The van der Waals surface area contributed by atoms with Crippen LogP contribution in [0.5, 0.6) is 0 Å². The maximum Gasteiger partial charge on any atom is 0.160 e. The SMILES string of the molecule is c1ccc(-c2ccc(-c3cc(-c4cccc(-c5ccc(-c6nc7ccccc7c7c(-c8ccccc8)c8c(cc67)oc6ccccc68)cc5)c4)nc(-c4ccccc4)n3)cc2)cc1. The van der Waals surface area contributed by atoms with E-state index in [1.54, 1.807) is 0 Å². The van der Waals surface area contributed by atoms with Crippen LogP contribution in [0.4, 0.5) is 0 Å². The molecule has 0 amide bonds. The average Bonchev–Trinajstić information content (AvgIpc) is 3.74. The minimum absolute atomic E-state index is 0.690. The van der Waals surface area contributed by atoms with E-state index in [-0.39, 0.29) is 0 Å². The van der Waals surface area contributed by atoms with Gasteiger partial charge < -0.3 is 4.42 Å². The van der Waals surface area contributed by atoms with Crippen molar-refractivity contribution in [2.24, 2.45) is 0 Å². The van der Waals surface area contributed by atoms with Crippen molar-refractivity contribution in [3.05, 3.63) is 224 Å². The lowest BCUT2D eigenvalue weighted by Crippen LogP contribution is -1.96. The summed E-state index contributed by atoms with van der Waals surface area (Å²) in [6, 6.07) is 78.5. The van der Waals surface area contributed by atoms with Gasteiger partial charge in [-0.05, 0) is 58.1 Å². The molecule has 0 N–H and O–H groups in total. The van der Waals surface area contributed by atoms with E-state index >= 15 is 0 Å². The van der Waals surface area contributed by atoms with Crippen molar-refractivity contribution in [2.75, 3.05) is 0 Å². The fraction of sp³-hybridized carbons (Fsp3) is 0. The highest BCUT2D eigenvalue weighted by molar-refractivity contribution is 6.27. The molecule has 12 rings (SSSR count). The number of rotatable bonds is 7. The van der Waals surface area contributed by atoms with Gasteiger partial charge in [-0.2, -0.15) is 0 Å². The molecule has 0 bridgehead atoms. The molecule has 0 saturated carbocycles. The zero-order chi connectivity index (χ0) is 41.7. The summed E-state index contributed by atoms with van der Waals surface area (Å²) in [5.74, 6) is 0.690. The molecule has 0 saturated heterocycles. The second-order valence-corrected chi connectivity index (χ2v) is 15.9. The lowest BCUT2D eigenvalue weighted by atomic mass is 9.89. The van der Waals surface area contributed by atoms with Crippen molar-refractivity contribution in [1.29, 1.82) is 0 Å². The molecular weight excluding hydrogens is 767 g/mol. The minimum Gasteiger partial charge on any atom is -0.456 e. The Bertz CT molecular complexity index is 3640. The van der Waals surface area contributed by atoms with E-state index in [1.807, 2.05) is 30.3 Å². The zero-order valence-corrected chi connectivity index (χ0v) is 34.1. The van der Waals surface area contributed by atoms with Crippen LogP contribution in [0.15, 0.2) is 229 Å². The van der Waals surface area contributed by atoms with Crippen molar-refractivity contribution in [3.63, 3.8) is 0 Å². The Hall–Kier alpha value is -8.47. The van der Waals surface area contributed by atoms with Gasteiger partial charge in [0.05, 0.1) is 22.6 Å². The van der Waals surface area contributed by atoms with Crippen molar-refractivity contribution in [1.82, 2.24) is 15.0 Å². The second kappa shape index (κ2) is 15.2. The summed E-state index contributed by atoms with van der Waals surface area (Å²) in [6.45, 7) is 0. The Kier molecular flexibility index (Phi) is 8.79. The molecule has 0 fully saturated rings. The van der Waals surface area contributed by atoms with Crippen LogP contribution < -0.4 is 0 Å². The number of hydrogen-bond donors (Lipinski definition) is 0. The van der Waals surface area contributed by atoms with Crippen LogP contribution in [0.3, 0.4) is 0 Å². The fourth-order valence-electron chi connectivity index (χ4n) is 9.03. The normalized spacial score (nSPS) is 11.5. The van der Waals surface area contributed by atoms with Crippen LogP contribution in [-0.2, 0) is 0 Å². The summed E-state index contributed by atoms with van der Waals surface area (Å²) in [7, 11) is 0. The highest BCUT2D eigenvalue weighted by atomic mass is 16.3. The molecule has 0 aliphatic carbocycles. The van der Waals surface area contributed by atoms with Crippen LogP contribution in [0.25, 0.3) is 122 Å². The van der Waals surface area contributed by atoms with Crippen LogP contribution in [0.1, 0.15) is 0 Å². The first-order valence-corrected chi connectivity index (χ1v) is 21.3. The summed E-state index contributed by atoms with van der Waals surface area (Å²) >= 11 is 0.